The molecule has 2 aromatic rings. The molecule has 0 saturated carbocycles. The zero-order chi connectivity index (χ0) is 14.8. The first-order chi connectivity index (χ1) is 10.2. The van der Waals surface area contributed by atoms with Crippen molar-refractivity contribution in [2.75, 3.05) is 18.1 Å². The first-order valence-corrected chi connectivity index (χ1v) is 7.26. The van der Waals surface area contributed by atoms with Gasteiger partial charge in [0, 0.05) is 12.6 Å². The Bertz CT molecular complexity index is 655. The van der Waals surface area contributed by atoms with Gasteiger partial charge in [0.15, 0.2) is 0 Å². The molecule has 0 spiro atoms. The number of nitrogens with zero attached hydrogens (tertiary/aromatic N) is 4. The molecule has 112 valence electrons. The van der Waals surface area contributed by atoms with Crippen LogP contribution in [-0.4, -0.2) is 40.3 Å². The highest BCUT2D eigenvalue weighted by Crippen LogP contribution is 2.31. The second kappa shape index (κ2) is 5.67. The molecule has 7 heteroatoms. The molecule has 0 unspecified atom stereocenters. The Labute approximate surface area is 122 Å². The third-order valence-electron chi connectivity index (χ3n) is 3.80. The number of hydrogen-bond acceptors (Lipinski definition) is 7. The van der Waals surface area contributed by atoms with Crippen molar-refractivity contribution in [3.63, 3.8) is 0 Å². The van der Waals surface area contributed by atoms with Crippen LogP contribution >= 0.6 is 0 Å². The second-order valence-electron chi connectivity index (χ2n) is 5.17. The number of carbonyl (C=O) groups is 1. The van der Waals surface area contributed by atoms with E-state index >= 15 is 0 Å². The van der Waals surface area contributed by atoms with Crippen molar-refractivity contribution in [2.24, 2.45) is 0 Å². The number of piperidine rings is 1. The van der Waals surface area contributed by atoms with Crippen molar-refractivity contribution in [1.29, 1.82) is 0 Å². The Balaban J connectivity index is 2.09. The second-order valence-corrected chi connectivity index (χ2v) is 5.17. The van der Waals surface area contributed by atoms with E-state index in [1.54, 1.807) is 6.92 Å². The summed E-state index contributed by atoms with van der Waals surface area (Å²) in [6, 6.07) is 0.363. The molecule has 0 aromatic carbocycles. The molecule has 3 rings (SSSR count). The molecule has 0 amide bonds. The predicted molar refractivity (Wildman–Crippen MR) is 76.2 cm³/mol. The average Bonchev–Trinajstić information content (AvgIpc) is 2.92. The lowest BCUT2D eigenvalue weighted by molar-refractivity contribution is 0.0517. The van der Waals surface area contributed by atoms with Gasteiger partial charge in [-0.1, -0.05) is 5.16 Å². The highest BCUT2D eigenvalue weighted by Gasteiger charge is 2.28. The zero-order valence-corrected chi connectivity index (χ0v) is 12.2. The van der Waals surface area contributed by atoms with Crippen LogP contribution in [-0.2, 0) is 4.74 Å². The standard InChI is InChI=1S/C14H18N4O3/c1-3-20-14(19)11-10-12(15-8-16-13(10)21-17-11)18-7-5-4-6-9(18)2/h8-9H,3-7H2,1-2H3/t9-/m0/s1. The van der Waals surface area contributed by atoms with E-state index < -0.39 is 5.97 Å². The van der Waals surface area contributed by atoms with Gasteiger partial charge in [0.25, 0.3) is 5.71 Å². The fourth-order valence-corrected chi connectivity index (χ4v) is 2.74. The first-order valence-electron chi connectivity index (χ1n) is 7.26. The Hall–Kier alpha value is -2.18. The maximum absolute atomic E-state index is 12.0. The van der Waals surface area contributed by atoms with Crippen LogP contribution in [0, 0.1) is 0 Å². The quantitative estimate of drug-likeness (QED) is 0.801. The summed E-state index contributed by atoms with van der Waals surface area (Å²) in [5.74, 6) is 0.202. The van der Waals surface area contributed by atoms with Crippen molar-refractivity contribution < 1.29 is 14.1 Å². The van der Waals surface area contributed by atoms with E-state index in [0.29, 0.717) is 23.0 Å². The van der Waals surface area contributed by atoms with Gasteiger partial charge in [0.05, 0.1) is 6.61 Å². The molecule has 21 heavy (non-hydrogen) atoms. The van der Waals surface area contributed by atoms with E-state index in [2.05, 4.69) is 26.9 Å². The lowest BCUT2D eigenvalue weighted by Crippen LogP contribution is -2.38. The van der Waals surface area contributed by atoms with E-state index in [1.165, 1.54) is 12.7 Å². The summed E-state index contributed by atoms with van der Waals surface area (Å²) in [5.41, 5.74) is 0.473. The van der Waals surface area contributed by atoms with Crippen LogP contribution in [0.1, 0.15) is 43.6 Å². The summed E-state index contributed by atoms with van der Waals surface area (Å²) in [4.78, 5) is 22.6. The summed E-state index contributed by atoms with van der Waals surface area (Å²) in [5, 5.41) is 4.36. The maximum Gasteiger partial charge on any atom is 0.361 e. The number of carbonyl (C=O) groups excluding carboxylic acids is 1. The third kappa shape index (κ3) is 2.43. The molecular weight excluding hydrogens is 272 g/mol. The van der Waals surface area contributed by atoms with E-state index in [4.69, 9.17) is 9.26 Å². The van der Waals surface area contributed by atoms with Gasteiger partial charge in [-0.15, -0.1) is 0 Å². The fourth-order valence-electron chi connectivity index (χ4n) is 2.74. The van der Waals surface area contributed by atoms with Crippen molar-refractivity contribution in [1.82, 2.24) is 15.1 Å². The van der Waals surface area contributed by atoms with Crippen LogP contribution < -0.4 is 4.90 Å². The van der Waals surface area contributed by atoms with Gasteiger partial charge in [-0.2, -0.15) is 4.98 Å². The molecular formula is C14H18N4O3. The summed E-state index contributed by atoms with van der Waals surface area (Å²) < 4.78 is 10.2. The molecule has 1 aliphatic rings. The van der Waals surface area contributed by atoms with Gasteiger partial charge in [-0.3, -0.25) is 0 Å². The van der Waals surface area contributed by atoms with E-state index in [9.17, 15) is 4.79 Å². The predicted octanol–water partition coefficient (Wildman–Crippen LogP) is 2.17. The molecule has 1 fully saturated rings. The van der Waals surface area contributed by atoms with Crippen LogP contribution in [0.4, 0.5) is 5.82 Å². The Morgan fingerprint density at radius 3 is 3.10 bits per heavy atom. The molecule has 0 bridgehead atoms. The van der Waals surface area contributed by atoms with E-state index in [0.717, 1.165) is 19.4 Å². The minimum Gasteiger partial charge on any atom is -0.461 e. The maximum atomic E-state index is 12.0. The Kier molecular flexibility index (Phi) is 3.72. The SMILES string of the molecule is CCOC(=O)c1noc2ncnc(N3CCCC[C@@H]3C)c12. The summed E-state index contributed by atoms with van der Waals surface area (Å²) in [7, 11) is 0. The number of hydrogen-bond donors (Lipinski definition) is 0. The first kappa shape index (κ1) is 13.8. The third-order valence-corrected chi connectivity index (χ3v) is 3.80. The number of ether oxygens (including phenoxy) is 1. The smallest absolute Gasteiger partial charge is 0.361 e. The van der Waals surface area contributed by atoms with Crippen LogP contribution in [0.5, 0.6) is 0 Å². The molecule has 7 nitrogen and oxygen atoms in total. The Morgan fingerprint density at radius 2 is 2.33 bits per heavy atom. The average molecular weight is 290 g/mol. The van der Waals surface area contributed by atoms with Crippen LogP contribution in [0.15, 0.2) is 10.9 Å². The summed E-state index contributed by atoms with van der Waals surface area (Å²) in [6.07, 6.45) is 4.86. The topological polar surface area (TPSA) is 81.3 Å². The largest absolute Gasteiger partial charge is 0.461 e. The van der Waals surface area contributed by atoms with Gasteiger partial charge in [-0.25, -0.2) is 9.78 Å². The minimum atomic E-state index is -0.503. The van der Waals surface area contributed by atoms with Crippen molar-refractivity contribution in [3.05, 3.63) is 12.0 Å². The van der Waals surface area contributed by atoms with Crippen LogP contribution in [0.2, 0.25) is 0 Å². The fraction of sp³-hybridized carbons (Fsp3) is 0.571. The van der Waals surface area contributed by atoms with Crippen LogP contribution in [0.25, 0.3) is 11.1 Å². The number of aromatic nitrogens is 3. The molecule has 0 radical (unpaired) electrons. The molecule has 1 saturated heterocycles. The van der Waals surface area contributed by atoms with Gasteiger partial charge in [0.2, 0.25) is 5.69 Å². The lowest BCUT2D eigenvalue weighted by Gasteiger charge is -2.34. The lowest BCUT2D eigenvalue weighted by atomic mass is 10.0. The molecule has 2 aromatic heterocycles. The summed E-state index contributed by atoms with van der Waals surface area (Å²) in [6.45, 7) is 5.10. The van der Waals surface area contributed by atoms with Gasteiger partial charge < -0.3 is 14.2 Å². The van der Waals surface area contributed by atoms with E-state index in [1.807, 2.05) is 0 Å². The van der Waals surface area contributed by atoms with Gasteiger partial charge in [-0.05, 0) is 33.1 Å². The highest BCUT2D eigenvalue weighted by atomic mass is 16.5. The Morgan fingerprint density at radius 1 is 1.48 bits per heavy atom. The van der Waals surface area contributed by atoms with Crippen molar-refractivity contribution in [2.45, 2.75) is 39.2 Å². The number of rotatable bonds is 3. The monoisotopic (exact) mass is 290 g/mol. The normalized spacial score (nSPS) is 19.0. The minimum absolute atomic E-state index is 0.153. The van der Waals surface area contributed by atoms with Gasteiger partial charge >= 0.3 is 5.97 Å². The van der Waals surface area contributed by atoms with Crippen molar-refractivity contribution in [3.8, 4) is 0 Å². The van der Waals surface area contributed by atoms with Crippen molar-refractivity contribution >= 4 is 22.9 Å². The molecule has 1 aliphatic heterocycles. The molecule has 3 heterocycles. The van der Waals surface area contributed by atoms with Gasteiger partial charge in [0.1, 0.15) is 17.5 Å². The molecule has 0 aliphatic carbocycles. The van der Waals surface area contributed by atoms with E-state index in [-0.39, 0.29) is 12.3 Å². The number of anilines is 1. The molecule has 0 N–H and O–H groups in total. The van der Waals surface area contributed by atoms with Crippen LogP contribution in [0.3, 0.4) is 0 Å². The number of esters is 1. The number of fused-ring (bicyclic) bond motifs is 1. The molecule has 1 atom stereocenters. The zero-order valence-electron chi connectivity index (χ0n) is 12.2. The summed E-state index contributed by atoms with van der Waals surface area (Å²) >= 11 is 0. The highest BCUT2D eigenvalue weighted by molar-refractivity contribution is 6.04.